The molecule has 1 fully saturated rings. The van der Waals surface area contributed by atoms with Crippen LogP contribution in [-0.2, 0) is 0 Å². The molecule has 4 heteroatoms. The Kier molecular flexibility index (Phi) is 2.96. The number of fused-ring (bicyclic) bond motifs is 1. The van der Waals surface area contributed by atoms with Gasteiger partial charge in [-0.3, -0.25) is 0 Å². The first-order chi connectivity index (χ1) is 8.72. The van der Waals surface area contributed by atoms with Gasteiger partial charge >= 0.3 is 0 Å². The van der Waals surface area contributed by atoms with Crippen LogP contribution >= 0.6 is 0 Å². The third-order valence-electron chi connectivity index (χ3n) is 3.38. The average Bonchev–Trinajstić information content (AvgIpc) is 3.08. The number of hydrogen-bond acceptors (Lipinski definition) is 4. The van der Waals surface area contributed by atoms with E-state index in [4.69, 9.17) is 4.42 Å². The number of nitrogens with zero attached hydrogens (tertiary/aromatic N) is 2. The highest BCUT2D eigenvalue weighted by Gasteiger charge is 2.19. The monoisotopic (exact) mass is 245 g/mol. The van der Waals surface area contributed by atoms with Crippen molar-refractivity contribution in [3.05, 3.63) is 24.1 Å². The summed E-state index contributed by atoms with van der Waals surface area (Å²) in [5.41, 5.74) is 2.99. The van der Waals surface area contributed by atoms with Gasteiger partial charge in [0, 0.05) is 38.8 Å². The van der Waals surface area contributed by atoms with Gasteiger partial charge in [0.1, 0.15) is 5.52 Å². The van der Waals surface area contributed by atoms with Gasteiger partial charge in [0.2, 0.25) is 0 Å². The Balaban J connectivity index is 1.67. The van der Waals surface area contributed by atoms with Crippen LogP contribution < -0.4 is 10.2 Å². The molecule has 1 aromatic carbocycles. The molecular weight excluding hydrogens is 226 g/mol. The van der Waals surface area contributed by atoms with Gasteiger partial charge in [-0.25, -0.2) is 4.98 Å². The van der Waals surface area contributed by atoms with Gasteiger partial charge in [0.15, 0.2) is 11.5 Å². The minimum absolute atomic E-state index is 0.722. The summed E-state index contributed by atoms with van der Waals surface area (Å²) in [5, 5.41) is 3.52. The lowest BCUT2D eigenvalue weighted by Gasteiger charge is -2.19. The summed E-state index contributed by atoms with van der Waals surface area (Å²) in [6, 6.07) is 6.95. The summed E-state index contributed by atoms with van der Waals surface area (Å²) < 4.78 is 5.48. The van der Waals surface area contributed by atoms with Crippen molar-refractivity contribution in [3.63, 3.8) is 0 Å². The van der Waals surface area contributed by atoms with E-state index in [9.17, 15) is 0 Å². The molecule has 96 valence electrons. The molecule has 3 rings (SSSR count). The number of oxazole rings is 1. The molecule has 0 aliphatic heterocycles. The first-order valence-electron chi connectivity index (χ1n) is 6.54. The number of nitrogens with one attached hydrogen (secondary N) is 1. The quantitative estimate of drug-likeness (QED) is 0.877. The fourth-order valence-corrected chi connectivity index (χ4v) is 2.12. The fourth-order valence-electron chi connectivity index (χ4n) is 2.12. The molecule has 0 amide bonds. The Morgan fingerprint density at radius 2 is 2.28 bits per heavy atom. The maximum absolute atomic E-state index is 5.48. The summed E-state index contributed by atoms with van der Waals surface area (Å²) >= 11 is 0. The van der Waals surface area contributed by atoms with Crippen molar-refractivity contribution in [2.45, 2.75) is 25.8 Å². The van der Waals surface area contributed by atoms with E-state index in [2.05, 4.69) is 34.4 Å². The zero-order chi connectivity index (χ0) is 12.5. The molecule has 1 heterocycles. The van der Waals surface area contributed by atoms with Gasteiger partial charge in [-0.1, -0.05) is 0 Å². The van der Waals surface area contributed by atoms with Crippen molar-refractivity contribution in [2.75, 3.05) is 25.0 Å². The predicted molar refractivity (Wildman–Crippen MR) is 73.0 cm³/mol. The van der Waals surface area contributed by atoms with Gasteiger partial charge in [-0.05, 0) is 31.0 Å². The van der Waals surface area contributed by atoms with Gasteiger partial charge in [-0.2, -0.15) is 0 Å². The minimum atomic E-state index is 0.722. The average molecular weight is 245 g/mol. The molecule has 0 atom stereocenters. The van der Waals surface area contributed by atoms with Gasteiger partial charge in [-0.15, -0.1) is 0 Å². The van der Waals surface area contributed by atoms with Gasteiger partial charge < -0.3 is 14.6 Å². The summed E-state index contributed by atoms with van der Waals surface area (Å²) in [5.74, 6) is 0.722. The molecule has 18 heavy (non-hydrogen) atoms. The molecule has 0 saturated heterocycles. The minimum Gasteiger partial charge on any atom is -0.441 e. The zero-order valence-electron chi connectivity index (χ0n) is 10.9. The largest absolute Gasteiger partial charge is 0.441 e. The summed E-state index contributed by atoms with van der Waals surface area (Å²) in [6.07, 6.45) is 2.68. The van der Waals surface area contributed by atoms with E-state index in [-0.39, 0.29) is 0 Å². The van der Waals surface area contributed by atoms with Gasteiger partial charge in [0.05, 0.1) is 0 Å². The molecule has 0 radical (unpaired) electrons. The van der Waals surface area contributed by atoms with Crippen LogP contribution in [0, 0.1) is 6.92 Å². The number of likely N-dealkylation sites (N-methyl/N-ethyl adjacent to an activating group) is 1. The molecule has 2 aromatic rings. The molecule has 1 saturated carbocycles. The van der Waals surface area contributed by atoms with Crippen molar-refractivity contribution in [2.24, 2.45) is 0 Å². The highest BCUT2D eigenvalue weighted by atomic mass is 16.3. The Labute approximate surface area is 107 Å². The molecular formula is C14H19N3O. The second-order valence-corrected chi connectivity index (χ2v) is 5.03. The van der Waals surface area contributed by atoms with Crippen molar-refractivity contribution < 1.29 is 4.42 Å². The SMILES string of the molecule is Cc1nc2cc(N(C)CCNC3CC3)ccc2o1. The van der Waals surface area contributed by atoms with Crippen LogP contribution in [0.4, 0.5) is 5.69 Å². The first kappa shape index (κ1) is 11.5. The molecule has 0 bridgehead atoms. The zero-order valence-corrected chi connectivity index (χ0v) is 10.9. The molecule has 1 aliphatic carbocycles. The number of benzene rings is 1. The Bertz CT molecular complexity index is 545. The number of aryl methyl sites for hydroxylation is 1. The maximum Gasteiger partial charge on any atom is 0.192 e. The highest BCUT2D eigenvalue weighted by molar-refractivity contribution is 5.77. The lowest BCUT2D eigenvalue weighted by molar-refractivity contribution is 0.561. The van der Waals surface area contributed by atoms with Crippen LogP contribution in [-0.4, -0.2) is 31.2 Å². The van der Waals surface area contributed by atoms with E-state index in [0.29, 0.717) is 0 Å². The summed E-state index contributed by atoms with van der Waals surface area (Å²) in [7, 11) is 2.11. The topological polar surface area (TPSA) is 41.3 Å². The number of aromatic nitrogens is 1. The lowest BCUT2D eigenvalue weighted by atomic mass is 10.2. The first-order valence-corrected chi connectivity index (χ1v) is 6.54. The normalized spacial score (nSPS) is 15.2. The van der Waals surface area contributed by atoms with E-state index in [1.54, 1.807) is 0 Å². The molecule has 1 aliphatic rings. The van der Waals surface area contributed by atoms with Crippen molar-refractivity contribution in [1.82, 2.24) is 10.3 Å². The third-order valence-corrected chi connectivity index (χ3v) is 3.38. The predicted octanol–water partition coefficient (Wildman–Crippen LogP) is 2.32. The van der Waals surface area contributed by atoms with E-state index in [0.717, 1.165) is 36.1 Å². The number of rotatable bonds is 5. The summed E-state index contributed by atoms with van der Waals surface area (Å²) in [6.45, 7) is 3.93. The van der Waals surface area contributed by atoms with Crippen LogP contribution in [0.3, 0.4) is 0 Å². The van der Waals surface area contributed by atoms with Crippen LogP contribution in [0.15, 0.2) is 22.6 Å². The fraction of sp³-hybridized carbons (Fsp3) is 0.500. The smallest absolute Gasteiger partial charge is 0.192 e. The molecule has 1 N–H and O–H groups in total. The van der Waals surface area contributed by atoms with Crippen LogP contribution in [0.2, 0.25) is 0 Å². The molecule has 0 unspecified atom stereocenters. The second kappa shape index (κ2) is 4.61. The van der Waals surface area contributed by atoms with Crippen LogP contribution in [0.25, 0.3) is 11.1 Å². The highest BCUT2D eigenvalue weighted by Crippen LogP contribution is 2.22. The molecule has 1 aromatic heterocycles. The van der Waals surface area contributed by atoms with E-state index < -0.39 is 0 Å². The molecule has 4 nitrogen and oxygen atoms in total. The lowest BCUT2D eigenvalue weighted by Crippen LogP contribution is -2.30. The third kappa shape index (κ3) is 2.48. The Morgan fingerprint density at radius 1 is 1.44 bits per heavy atom. The number of anilines is 1. The molecule has 0 spiro atoms. The summed E-state index contributed by atoms with van der Waals surface area (Å²) in [4.78, 5) is 6.61. The van der Waals surface area contributed by atoms with E-state index in [1.807, 2.05) is 13.0 Å². The van der Waals surface area contributed by atoms with E-state index >= 15 is 0 Å². The van der Waals surface area contributed by atoms with Crippen LogP contribution in [0.1, 0.15) is 18.7 Å². The standard InChI is InChI=1S/C14H19N3O/c1-10-16-13-9-12(5-6-14(13)18-10)17(2)8-7-15-11-3-4-11/h5-6,9,11,15H,3-4,7-8H2,1-2H3. The number of hydrogen-bond donors (Lipinski definition) is 1. The van der Waals surface area contributed by atoms with Gasteiger partial charge in [0.25, 0.3) is 0 Å². The van der Waals surface area contributed by atoms with Crippen LogP contribution in [0.5, 0.6) is 0 Å². The Hall–Kier alpha value is -1.55. The Morgan fingerprint density at radius 3 is 3.06 bits per heavy atom. The van der Waals surface area contributed by atoms with E-state index in [1.165, 1.54) is 18.5 Å². The van der Waals surface area contributed by atoms with Crippen molar-refractivity contribution in [1.29, 1.82) is 0 Å². The van der Waals surface area contributed by atoms with Crippen molar-refractivity contribution >= 4 is 16.8 Å². The maximum atomic E-state index is 5.48. The second-order valence-electron chi connectivity index (χ2n) is 5.03. The van der Waals surface area contributed by atoms with Crippen molar-refractivity contribution in [3.8, 4) is 0 Å².